The Bertz CT molecular complexity index is 1330. The highest BCUT2D eigenvalue weighted by Gasteiger charge is 2.20. The topological polar surface area (TPSA) is 127 Å². The Hall–Kier alpha value is -4.73. The molecule has 0 spiro atoms. The van der Waals surface area contributed by atoms with Gasteiger partial charge in [-0.15, -0.1) is 0 Å². The number of likely N-dealkylation sites (N-methyl/N-ethyl adjacent to an activating group) is 1. The van der Waals surface area contributed by atoms with Crippen molar-refractivity contribution < 1.29 is 28.7 Å². The number of rotatable bonds is 8. The van der Waals surface area contributed by atoms with E-state index in [1.165, 1.54) is 42.5 Å². The van der Waals surface area contributed by atoms with Crippen LogP contribution in [0.15, 0.2) is 66.9 Å². The van der Waals surface area contributed by atoms with Gasteiger partial charge in [0, 0.05) is 25.5 Å². The van der Waals surface area contributed by atoms with Gasteiger partial charge in [0.25, 0.3) is 11.8 Å². The number of anilines is 2. The fourth-order valence-corrected chi connectivity index (χ4v) is 3.46. The number of nitrogens with zero attached hydrogens (tertiary/aromatic N) is 2. The van der Waals surface area contributed by atoms with Crippen LogP contribution in [0.1, 0.15) is 57.5 Å². The number of esters is 1. The number of hydrogen-bond acceptors (Lipinski definition) is 7. The van der Waals surface area contributed by atoms with Crippen LogP contribution in [0.25, 0.3) is 0 Å². The molecule has 0 saturated carbocycles. The monoisotopic (exact) mass is 532 g/mol. The molecule has 0 aliphatic rings. The number of methoxy groups -OCH3 is 1. The van der Waals surface area contributed by atoms with Crippen molar-refractivity contribution in [3.05, 3.63) is 89.2 Å². The molecule has 10 heteroatoms. The minimum Gasteiger partial charge on any atom is -0.465 e. The van der Waals surface area contributed by atoms with Crippen LogP contribution in [0.2, 0.25) is 0 Å². The molecule has 0 aliphatic heterocycles. The maximum absolute atomic E-state index is 13.1. The summed E-state index contributed by atoms with van der Waals surface area (Å²) in [6.07, 6.45) is 1.69. The van der Waals surface area contributed by atoms with Crippen molar-refractivity contribution >= 4 is 35.3 Å². The van der Waals surface area contributed by atoms with Crippen LogP contribution in [0.3, 0.4) is 0 Å². The van der Waals surface area contributed by atoms with Crippen molar-refractivity contribution in [3.63, 3.8) is 0 Å². The summed E-state index contributed by atoms with van der Waals surface area (Å²) in [5, 5.41) is 5.46. The molecule has 204 valence electrons. The predicted molar refractivity (Wildman–Crippen MR) is 147 cm³/mol. The van der Waals surface area contributed by atoms with Crippen LogP contribution in [-0.2, 0) is 15.9 Å². The first-order valence-electron chi connectivity index (χ1n) is 12.3. The molecule has 2 N–H and O–H groups in total. The molecule has 0 bridgehead atoms. The molecule has 3 aromatic rings. The number of carbonyl (C=O) groups excluding carboxylic acids is 4. The molecule has 0 aliphatic carbocycles. The van der Waals surface area contributed by atoms with Crippen LogP contribution >= 0.6 is 0 Å². The Morgan fingerprint density at radius 1 is 0.923 bits per heavy atom. The largest absolute Gasteiger partial charge is 0.465 e. The van der Waals surface area contributed by atoms with Crippen LogP contribution in [-0.4, -0.2) is 60.1 Å². The van der Waals surface area contributed by atoms with Crippen molar-refractivity contribution in [1.82, 2.24) is 9.88 Å². The van der Waals surface area contributed by atoms with E-state index in [1.807, 2.05) is 32.9 Å². The molecule has 1 aromatic heterocycles. The van der Waals surface area contributed by atoms with E-state index in [0.717, 1.165) is 5.56 Å². The number of pyridine rings is 1. The lowest BCUT2D eigenvalue weighted by Gasteiger charge is -2.24. The molecule has 3 amide bonds. The molecule has 10 nitrogen and oxygen atoms in total. The van der Waals surface area contributed by atoms with E-state index in [1.54, 1.807) is 31.3 Å². The lowest BCUT2D eigenvalue weighted by atomic mass is 10.1. The minimum absolute atomic E-state index is 0.132. The number of benzene rings is 2. The first-order chi connectivity index (χ1) is 18.5. The number of ether oxygens (including phenoxy) is 2. The Morgan fingerprint density at radius 2 is 1.64 bits per heavy atom. The summed E-state index contributed by atoms with van der Waals surface area (Å²) < 4.78 is 10.1. The highest BCUT2D eigenvalue weighted by Crippen LogP contribution is 2.22. The third-order valence-electron chi connectivity index (χ3n) is 5.48. The van der Waals surface area contributed by atoms with E-state index in [9.17, 15) is 19.2 Å². The SMILES string of the molecule is COC(=O)c1ccc(C(=O)Nc2ccc(CCN(C)C(=O)OC(C)(C)C)cc2)c(NC(=O)c2ccccn2)c1. The normalized spacial score (nSPS) is 10.8. The fourth-order valence-electron chi connectivity index (χ4n) is 3.46. The highest BCUT2D eigenvalue weighted by atomic mass is 16.6. The van der Waals surface area contributed by atoms with Gasteiger partial charge in [0.1, 0.15) is 11.3 Å². The van der Waals surface area contributed by atoms with Crippen molar-refractivity contribution in [1.29, 1.82) is 0 Å². The fraction of sp³-hybridized carbons (Fsp3) is 0.276. The summed E-state index contributed by atoms with van der Waals surface area (Å²) in [6.45, 7) is 5.91. The number of nitrogens with one attached hydrogen (secondary N) is 2. The van der Waals surface area contributed by atoms with Gasteiger partial charge in [0.05, 0.1) is 23.9 Å². The lowest BCUT2D eigenvalue weighted by Crippen LogP contribution is -2.35. The van der Waals surface area contributed by atoms with E-state index in [2.05, 4.69) is 15.6 Å². The molecular weight excluding hydrogens is 500 g/mol. The van der Waals surface area contributed by atoms with Crippen LogP contribution in [0.5, 0.6) is 0 Å². The first kappa shape index (κ1) is 28.8. The average Bonchev–Trinajstić information content (AvgIpc) is 2.91. The quantitative estimate of drug-likeness (QED) is 0.400. The van der Waals surface area contributed by atoms with Gasteiger partial charge in [0.15, 0.2) is 0 Å². The molecule has 0 saturated heterocycles. The van der Waals surface area contributed by atoms with Crippen LogP contribution < -0.4 is 10.6 Å². The molecular formula is C29H32N4O6. The first-order valence-corrected chi connectivity index (χ1v) is 12.3. The summed E-state index contributed by atoms with van der Waals surface area (Å²) in [7, 11) is 2.92. The summed E-state index contributed by atoms with van der Waals surface area (Å²) in [6, 6.07) is 16.3. The molecule has 39 heavy (non-hydrogen) atoms. The summed E-state index contributed by atoms with van der Waals surface area (Å²) in [5.74, 6) is -1.63. The van der Waals surface area contributed by atoms with E-state index in [-0.39, 0.29) is 22.5 Å². The molecule has 0 radical (unpaired) electrons. The Kier molecular flexibility index (Phi) is 9.38. The van der Waals surface area contributed by atoms with E-state index in [4.69, 9.17) is 9.47 Å². The Labute approximate surface area is 227 Å². The predicted octanol–water partition coefficient (Wildman–Crippen LogP) is 4.78. The number of amides is 3. The average molecular weight is 533 g/mol. The van der Waals surface area contributed by atoms with Gasteiger partial charge in [-0.05, 0) is 75.2 Å². The van der Waals surface area contributed by atoms with Crippen LogP contribution in [0, 0.1) is 0 Å². The van der Waals surface area contributed by atoms with Crippen molar-refractivity contribution in [2.24, 2.45) is 0 Å². The molecule has 3 rings (SSSR count). The van der Waals surface area contributed by atoms with E-state index >= 15 is 0 Å². The summed E-state index contributed by atoms with van der Waals surface area (Å²) in [4.78, 5) is 55.6. The summed E-state index contributed by atoms with van der Waals surface area (Å²) >= 11 is 0. The van der Waals surface area contributed by atoms with Gasteiger partial charge in [-0.1, -0.05) is 18.2 Å². The van der Waals surface area contributed by atoms with Crippen molar-refractivity contribution in [2.75, 3.05) is 31.3 Å². The third kappa shape index (κ3) is 8.39. The zero-order chi connectivity index (χ0) is 28.6. The van der Waals surface area contributed by atoms with Crippen LogP contribution in [0.4, 0.5) is 16.2 Å². The molecule has 0 fully saturated rings. The Morgan fingerprint density at radius 3 is 2.26 bits per heavy atom. The maximum atomic E-state index is 13.1. The molecule has 0 atom stereocenters. The zero-order valence-corrected chi connectivity index (χ0v) is 22.6. The standard InChI is InChI=1S/C29H32N4O6/c1-29(2,3)39-28(37)33(4)17-15-19-9-12-21(13-10-19)31-25(34)22-14-11-20(27(36)38-5)18-24(22)32-26(35)23-8-6-7-16-30-23/h6-14,16,18H,15,17H2,1-5H3,(H,31,34)(H,32,35). The lowest BCUT2D eigenvalue weighted by molar-refractivity contribution is 0.0300. The van der Waals surface area contributed by atoms with E-state index in [0.29, 0.717) is 18.7 Å². The number of aromatic nitrogens is 1. The minimum atomic E-state index is -0.608. The Balaban J connectivity index is 1.70. The molecule has 2 aromatic carbocycles. The van der Waals surface area contributed by atoms with Gasteiger partial charge in [0.2, 0.25) is 0 Å². The van der Waals surface area contributed by atoms with Crippen molar-refractivity contribution in [3.8, 4) is 0 Å². The second kappa shape index (κ2) is 12.7. The highest BCUT2D eigenvalue weighted by molar-refractivity contribution is 6.13. The molecule has 0 unspecified atom stereocenters. The number of hydrogen-bond donors (Lipinski definition) is 2. The summed E-state index contributed by atoms with van der Waals surface area (Å²) in [5.41, 5.74) is 1.54. The van der Waals surface area contributed by atoms with Gasteiger partial charge in [-0.25, -0.2) is 9.59 Å². The van der Waals surface area contributed by atoms with Gasteiger partial charge in [-0.2, -0.15) is 0 Å². The zero-order valence-electron chi connectivity index (χ0n) is 22.6. The van der Waals surface area contributed by atoms with E-state index < -0.39 is 29.5 Å². The second-order valence-electron chi connectivity index (χ2n) is 9.72. The number of carbonyl (C=O) groups is 4. The maximum Gasteiger partial charge on any atom is 0.410 e. The van der Waals surface area contributed by atoms with Gasteiger partial charge in [-0.3, -0.25) is 14.6 Å². The molecule has 1 heterocycles. The smallest absolute Gasteiger partial charge is 0.410 e. The second-order valence-corrected chi connectivity index (χ2v) is 9.72. The van der Waals surface area contributed by atoms with Crippen molar-refractivity contribution in [2.45, 2.75) is 32.8 Å². The third-order valence-corrected chi connectivity index (χ3v) is 5.48. The van der Waals surface area contributed by atoms with Gasteiger partial charge < -0.3 is 25.0 Å². The van der Waals surface area contributed by atoms with Gasteiger partial charge >= 0.3 is 12.1 Å².